The standard InChI is InChI=1S/C18H20N2O4/c1-12-16(13-5-3-2-4-6-13)24-15(20-12)8-7-14(21)19-11-18(9-10-18)17(22)23/h2-6H,7-11H2,1H3,(H,19,21)(H,22,23). The number of hydrogen-bond acceptors (Lipinski definition) is 4. The molecular weight excluding hydrogens is 308 g/mol. The summed E-state index contributed by atoms with van der Waals surface area (Å²) in [7, 11) is 0. The van der Waals surface area contributed by atoms with Crippen molar-refractivity contribution in [3.05, 3.63) is 41.9 Å². The van der Waals surface area contributed by atoms with E-state index in [1.807, 2.05) is 37.3 Å². The van der Waals surface area contributed by atoms with Crippen LogP contribution in [0.25, 0.3) is 11.3 Å². The molecule has 6 nitrogen and oxygen atoms in total. The third-order valence-electron chi connectivity index (χ3n) is 4.37. The second-order valence-corrected chi connectivity index (χ2v) is 6.25. The van der Waals surface area contributed by atoms with Crippen LogP contribution < -0.4 is 5.32 Å². The lowest BCUT2D eigenvalue weighted by atomic mass is 10.1. The first-order valence-electron chi connectivity index (χ1n) is 8.02. The molecule has 2 aromatic rings. The number of hydrogen-bond donors (Lipinski definition) is 2. The van der Waals surface area contributed by atoms with E-state index in [0.717, 1.165) is 11.3 Å². The summed E-state index contributed by atoms with van der Waals surface area (Å²) in [5.41, 5.74) is 1.00. The number of benzene rings is 1. The average Bonchev–Trinajstić information content (AvgIpc) is 3.29. The summed E-state index contributed by atoms with van der Waals surface area (Å²) < 4.78 is 5.76. The molecule has 0 saturated heterocycles. The van der Waals surface area contributed by atoms with Gasteiger partial charge in [-0.1, -0.05) is 30.3 Å². The van der Waals surface area contributed by atoms with Crippen LogP contribution in [0, 0.1) is 12.3 Å². The van der Waals surface area contributed by atoms with Gasteiger partial charge in [-0.3, -0.25) is 9.59 Å². The van der Waals surface area contributed by atoms with E-state index in [9.17, 15) is 9.59 Å². The van der Waals surface area contributed by atoms with Crippen molar-refractivity contribution in [1.82, 2.24) is 10.3 Å². The summed E-state index contributed by atoms with van der Waals surface area (Å²) in [6, 6.07) is 9.70. The van der Waals surface area contributed by atoms with Crippen LogP contribution in [0.5, 0.6) is 0 Å². The fourth-order valence-corrected chi connectivity index (χ4v) is 2.61. The molecule has 0 bridgehead atoms. The number of aliphatic carboxylic acids is 1. The fourth-order valence-electron chi connectivity index (χ4n) is 2.61. The average molecular weight is 328 g/mol. The maximum absolute atomic E-state index is 11.9. The second-order valence-electron chi connectivity index (χ2n) is 6.25. The van der Waals surface area contributed by atoms with Crippen LogP contribution in [-0.2, 0) is 16.0 Å². The number of aromatic nitrogens is 1. The van der Waals surface area contributed by atoms with E-state index in [2.05, 4.69) is 10.3 Å². The van der Waals surface area contributed by atoms with Crippen LogP contribution >= 0.6 is 0 Å². The molecular formula is C18H20N2O4. The molecule has 2 N–H and O–H groups in total. The van der Waals surface area contributed by atoms with Gasteiger partial charge in [0.05, 0.1) is 11.1 Å². The van der Waals surface area contributed by atoms with E-state index in [4.69, 9.17) is 9.52 Å². The largest absolute Gasteiger partial charge is 0.481 e. The van der Waals surface area contributed by atoms with Crippen molar-refractivity contribution in [1.29, 1.82) is 0 Å². The summed E-state index contributed by atoms with van der Waals surface area (Å²) in [5.74, 6) is 0.216. The molecule has 1 aliphatic carbocycles. The van der Waals surface area contributed by atoms with Crippen LogP contribution in [0.2, 0.25) is 0 Å². The maximum atomic E-state index is 11.9. The molecule has 1 aromatic heterocycles. The number of oxazole rings is 1. The molecule has 126 valence electrons. The summed E-state index contributed by atoms with van der Waals surface area (Å²) >= 11 is 0. The van der Waals surface area contributed by atoms with E-state index in [0.29, 0.717) is 30.9 Å². The van der Waals surface area contributed by atoms with Gasteiger partial charge < -0.3 is 14.8 Å². The zero-order chi connectivity index (χ0) is 17.2. The Morgan fingerprint density at radius 3 is 2.62 bits per heavy atom. The van der Waals surface area contributed by atoms with Crippen molar-refractivity contribution >= 4 is 11.9 Å². The third-order valence-corrected chi connectivity index (χ3v) is 4.37. The number of nitrogens with zero attached hydrogens (tertiary/aromatic N) is 1. The van der Waals surface area contributed by atoms with Crippen LogP contribution in [0.15, 0.2) is 34.7 Å². The zero-order valence-corrected chi connectivity index (χ0v) is 13.5. The molecule has 0 radical (unpaired) electrons. The molecule has 0 aliphatic heterocycles. The Bertz CT molecular complexity index is 748. The Morgan fingerprint density at radius 1 is 1.29 bits per heavy atom. The van der Waals surface area contributed by atoms with Crippen LogP contribution in [0.4, 0.5) is 0 Å². The van der Waals surface area contributed by atoms with Gasteiger partial charge in [0.2, 0.25) is 5.91 Å². The monoisotopic (exact) mass is 328 g/mol. The molecule has 0 atom stereocenters. The highest BCUT2D eigenvalue weighted by atomic mass is 16.4. The molecule has 1 saturated carbocycles. The van der Waals surface area contributed by atoms with Crippen molar-refractivity contribution in [2.75, 3.05) is 6.54 Å². The normalized spacial score (nSPS) is 15.0. The predicted octanol–water partition coefficient (Wildman–Crippen LogP) is 2.56. The number of carbonyl (C=O) groups excluding carboxylic acids is 1. The quantitative estimate of drug-likeness (QED) is 0.815. The minimum absolute atomic E-state index is 0.181. The smallest absolute Gasteiger partial charge is 0.311 e. The van der Waals surface area contributed by atoms with E-state index >= 15 is 0 Å². The van der Waals surface area contributed by atoms with E-state index in [-0.39, 0.29) is 18.9 Å². The number of carbonyl (C=O) groups is 2. The number of carboxylic acids is 1. The minimum Gasteiger partial charge on any atom is -0.481 e. The van der Waals surface area contributed by atoms with Gasteiger partial charge in [-0.2, -0.15) is 0 Å². The first-order valence-corrected chi connectivity index (χ1v) is 8.02. The van der Waals surface area contributed by atoms with Crippen molar-refractivity contribution in [2.24, 2.45) is 5.41 Å². The van der Waals surface area contributed by atoms with Crippen molar-refractivity contribution in [2.45, 2.75) is 32.6 Å². The number of rotatable bonds is 7. The summed E-state index contributed by atoms with van der Waals surface area (Å²) in [5, 5.41) is 11.8. The Morgan fingerprint density at radius 2 is 2.00 bits per heavy atom. The molecule has 1 amide bonds. The SMILES string of the molecule is Cc1nc(CCC(=O)NCC2(C(=O)O)CC2)oc1-c1ccccc1. The molecule has 1 fully saturated rings. The molecule has 0 unspecified atom stereocenters. The van der Waals surface area contributed by atoms with E-state index in [1.165, 1.54) is 0 Å². The molecule has 3 rings (SSSR count). The maximum Gasteiger partial charge on any atom is 0.311 e. The highest BCUT2D eigenvalue weighted by molar-refractivity contribution is 5.81. The highest BCUT2D eigenvalue weighted by Gasteiger charge is 2.50. The van der Waals surface area contributed by atoms with E-state index in [1.54, 1.807) is 0 Å². The summed E-state index contributed by atoms with van der Waals surface area (Å²) in [4.78, 5) is 27.3. The Balaban J connectivity index is 1.54. The van der Waals surface area contributed by atoms with Gasteiger partial charge in [-0.25, -0.2) is 4.98 Å². The second kappa shape index (κ2) is 6.47. The summed E-state index contributed by atoms with van der Waals surface area (Å²) in [6.45, 7) is 2.07. The lowest BCUT2D eigenvalue weighted by Crippen LogP contribution is -2.34. The van der Waals surface area contributed by atoms with Gasteiger partial charge in [0, 0.05) is 24.9 Å². The lowest BCUT2D eigenvalue weighted by Gasteiger charge is -2.10. The van der Waals surface area contributed by atoms with Gasteiger partial charge >= 0.3 is 5.97 Å². The zero-order valence-electron chi connectivity index (χ0n) is 13.5. The van der Waals surface area contributed by atoms with Gasteiger partial charge in [0.1, 0.15) is 0 Å². The molecule has 24 heavy (non-hydrogen) atoms. The molecule has 1 aliphatic rings. The molecule has 6 heteroatoms. The fraction of sp³-hybridized carbons (Fsp3) is 0.389. The van der Waals surface area contributed by atoms with Gasteiger partial charge in [-0.05, 0) is 19.8 Å². The molecule has 1 heterocycles. The Kier molecular flexibility index (Phi) is 4.38. The van der Waals surface area contributed by atoms with Crippen molar-refractivity contribution < 1.29 is 19.1 Å². The van der Waals surface area contributed by atoms with Gasteiger partial charge in [0.15, 0.2) is 11.7 Å². The molecule has 0 spiro atoms. The first-order chi connectivity index (χ1) is 11.5. The van der Waals surface area contributed by atoms with Crippen LogP contribution in [0.3, 0.4) is 0 Å². The topological polar surface area (TPSA) is 92.4 Å². The van der Waals surface area contributed by atoms with Crippen molar-refractivity contribution in [3.8, 4) is 11.3 Å². The Labute approximate surface area is 139 Å². The number of carboxylic acid groups (broad SMARTS) is 1. The Hall–Kier alpha value is -2.63. The summed E-state index contributed by atoms with van der Waals surface area (Å²) in [6.07, 6.45) is 1.87. The first kappa shape index (κ1) is 16.2. The lowest BCUT2D eigenvalue weighted by molar-refractivity contribution is -0.143. The predicted molar refractivity (Wildman–Crippen MR) is 87.3 cm³/mol. The number of amides is 1. The number of nitrogens with one attached hydrogen (secondary N) is 1. The van der Waals surface area contributed by atoms with Crippen LogP contribution in [0.1, 0.15) is 30.8 Å². The molecule has 1 aromatic carbocycles. The third kappa shape index (κ3) is 3.48. The van der Waals surface area contributed by atoms with Crippen molar-refractivity contribution in [3.63, 3.8) is 0 Å². The number of aryl methyl sites for hydroxylation is 2. The van der Waals surface area contributed by atoms with Crippen LogP contribution in [-0.4, -0.2) is 28.5 Å². The van der Waals surface area contributed by atoms with Gasteiger partial charge in [0.25, 0.3) is 0 Å². The highest BCUT2D eigenvalue weighted by Crippen LogP contribution is 2.45. The van der Waals surface area contributed by atoms with Gasteiger partial charge in [-0.15, -0.1) is 0 Å². The minimum atomic E-state index is -0.835. The van der Waals surface area contributed by atoms with E-state index < -0.39 is 11.4 Å².